The van der Waals surface area contributed by atoms with Crippen LogP contribution in [0.4, 0.5) is 11.4 Å². The fraction of sp³-hybridized carbons (Fsp3) is 0.483. The molecule has 0 aliphatic carbocycles. The molecule has 0 unspecified atom stereocenters. The summed E-state index contributed by atoms with van der Waals surface area (Å²) in [6.07, 6.45) is 0. The zero-order chi connectivity index (χ0) is 27.7. The number of rotatable bonds is 9. The second-order valence-electron chi connectivity index (χ2n) is 10.6. The molecule has 1 amide bonds. The second kappa shape index (κ2) is 12.2. The molecule has 0 saturated heterocycles. The molecule has 2 aromatic rings. The predicted molar refractivity (Wildman–Crippen MR) is 161 cm³/mol. The predicted octanol–water partition coefficient (Wildman–Crippen LogP) is 4.87. The fourth-order valence-corrected chi connectivity index (χ4v) is 4.87. The molecule has 38 heavy (non-hydrogen) atoms. The van der Waals surface area contributed by atoms with Gasteiger partial charge in [-0.15, -0.1) is 17.0 Å². The van der Waals surface area contributed by atoms with Crippen LogP contribution in [0.1, 0.15) is 72.0 Å². The highest BCUT2D eigenvalue weighted by Crippen LogP contribution is 2.40. The Labute approximate surface area is 237 Å². The van der Waals surface area contributed by atoms with Crippen LogP contribution in [0.15, 0.2) is 24.3 Å². The standard InChI is InChI=1S/C29H41N5O3.BrH/c1-10-33(11-2)24-13-18(12-22(26(24)37-9)29(3,4)5)25(35)17-34-16-19-14-23(32(7)8)21(28(36)31-6)15-20(19)27(34)30;/h12-15,30H,10-11,16-17H2,1-9H3,(H,31,36);1H. The van der Waals surface area contributed by atoms with E-state index in [9.17, 15) is 9.59 Å². The van der Waals surface area contributed by atoms with Crippen LogP contribution in [-0.4, -0.2) is 70.3 Å². The van der Waals surface area contributed by atoms with Crippen molar-refractivity contribution >= 4 is 45.9 Å². The van der Waals surface area contributed by atoms with Crippen LogP contribution in [0, 0.1) is 5.41 Å². The van der Waals surface area contributed by atoms with E-state index in [0.29, 0.717) is 23.2 Å². The summed E-state index contributed by atoms with van der Waals surface area (Å²) < 4.78 is 5.85. The molecule has 1 heterocycles. The van der Waals surface area contributed by atoms with Gasteiger partial charge in [0.1, 0.15) is 11.6 Å². The SMILES string of the molecule is Br.CCN(CC)c1cc(C(=O)CN2Cc3cc(N(C)C)c(C(=O)NC)cc3C2=N)cc(C(C)(C)C)c1OC. The van der Waals surface area contributed by atoms with Gasteiger partial charge in [0.2, 0.25) is 0 Å². The number of methoxy groups -OCH3 is 1. The quantitative estimate of drug-likeness (QED) is 0.407. The normalized spacial score (nSPS) is 12.6. The number of nitrogens with zero attached hydrogens (tertiary/aromatic N) is 3. The van der Waals surface area contributed by atoms with E-state index >= 15 is 0 Å². The molecule has 1 aliphatic rings. The summed E-state index contributed by atoms with van der Waals surface area (Å²) in [5.41, 5.74) is 5.19. The molecule has 0 radical (unpaired) electrons. The number of carbonyl (C=O) groups excluding carboxylic acids is 2. The van der Waals surface area contributed by atoms with Crippen LogP contribution in [-0.2, 0) is 12.0 Å². The summed E-state index contributed by atoms with van der Waals surface area (Å²) in [5.74, 6) is 0.795. The maximum Gasteiger partial charge on any atom is 0.253 e. The topological polar surface area (TPSA) is 89.0 Å². The third-order valence-electron chi connectivity index (χ3n) is 6.95. The lowest BCUT2D eigenvalue weighted by Crippen LogP contribution is -2.31. The van der Waals surface area contributed by atoms with Gasteiger partial charge in [-0.25, -0.2) is 0 Å². The summed E-state index contributed by atoms with van der Waals surface area (Å²) in [4.78, 5) is 32.0. The summed E-state index contributed by atoms with van der Waals surface area (Å²) in [7, 11) is 7.05. The first-order valence-electron chi connectivity index (χ1n) is 12.8. The van der Waals surface area contributed by atoms with Crippen molar-refractivity contribution in [3.8, 4) is 5.75 Å². The van der Waals surface area contributed by atoms with Crippen molar-refractivity contribution < 1.29 is 14.3 Å². The van der Waals surface area contributed by atoms with Gasteiger partial charge >= 0.3 is 0 Å². The molecule has 0 atom stereocenters. The lowest BCUT2D eigenvalue weighted by Gasteiger charge is -2.30. The maximum atomic E-state index is 13.7. The number of ether oxygens (including phenoxy) is 1. The number of nitrogens with one attached hydrogen (secondary N) is 2. The minimum atomic E-state index is -0.223. The van der Waals surface area contributed by atoms with Crippen LogP contribution < -0.4 is 19.9 Å². The number of ketones is 1. The Morgan fingerprint density at radius 2 is 1.71 bits per heavy atom. The number of hydrogen-bond acceptors (Lipinski definition) is 6. The van der Waals surface area contributed by atoms with Crippen molar-refractivity contribution in [3.05, 3.63) is 52.1 Å². The summed E-state index contributed by atoms with van der Waals surface area (Å²) >= 11 is 0. The first-order chi connectivity index (χ1) is 17.4. The van der Waals surface area contributed by atoms with Gasteiger partial charge in [0.05, 0.1) is 24.9 Å². The van der Waals surface area contributed by atoms with Crippen LogP contribution in [0.2, 0.25) is 0 Å². The van der Waals surface area contributed by atoms with E-state index in [-0.39, 0.29) is 46.5 Å². The molecule has 3 rings (SSSR count). The number of anilines is 2. The van der Waals surface area contributed by atoms with Gasteiger partial charge in [-0.2, -0.15) is 0 Å². The summed E-state index contributed by atoms with van der Waals surface area (Å²) in [6.45, 7) is 12.6. The average molecular weight is 589 g/mol. The molecule has 208 valence electrons. The molecule has 8 nitrogen and oxygen atoms in total. The highest BCUT2D eigenvalue weighted by atomic mass is 79.9. The van der Waals surface area contributed by atoms with Crippen LogP contribution in [0.5, 0.6) is 5.75 Å². The molecular formula is C29H42BrN5O3. The number of halogens is 1. The van der Waals surface area contributed by atoms with Gasteiger partial charge < -0.3 is 24.8 Å². The third kappa shape index (κ3) is 5.98. The largest absolute Gasteiger partial charge is 0.494 e. The Balaban J connectivity index is 0.00000507. The molecule has 1 aliphatic heterocycles. The minimum absolute atomic E-state index is 0. The Hall–Kier alpha value is -3.07. The third-order valence-corrected chi connectivity index (χ3v) is 6.95. The van der Waals surface area contributed by atoms with E-state index in [0.717, 1.165) is 41.3 Å². The van der Waals surface area contributed by atoms with Crippen molar-refractivity contribution in [3.63, 3.8) is 0 Å². The molecule has 0 aromatic heterocycles. The lowest BCUT2D eigenvalue weighted by molar-refractivity contribution is 0.0955. The maximum absolute atomic E-state index is 13.7. The molecule has 0 saturated carbocycles. The molecule has 0 bridgehead atoms. The van der Waals surface area contributed by atoms with Crippen LogP contribution >= 0.6 is 17.0 Å². The zero-order valence-electron chi connectivity index (χ0n) is 24.1. The van der Waals surface area contributed by atoms with E-state index in [2.05, 4.69) is 44.8 Å². The number of amides is 1. The van der Waals surface area contributed by atoms with Crippen molar-refractivity contribution in [2.45, 2.75) is 46.6 Å². The molecule has 2 aromatic carbocycles. The second-order valence-corrected chi connectivity index (χ2v) is 10.6. The number of hydrogen-bond donors (Lipinski definition) is 2. The Bertz CT molecular complexity index is 1220. The molecule has 0 spiro atoms. The van der Waals surface area contributed by atoms with Crippen molar-refractivity contribution in [2.24, 2.45) is 0 Å². The smallest absolute Gasteiger partial charge is 0.253 e. The Kier molecular flexibility index (Phi) is 10.00. The van der Waals surface area contributed by atoms with E-state index in [1.54, 1.807) is 25.1 Å². The van der Waals surface area contributed by atoms with E-state index in [1.807, 2.05) is 37.2 Å². The Morgan fingerprint density at radius 3 is 2.21 bits per heavy atom. The van der Waals surface area contributed by atoms with Gasteiger partial charge in [-0.05, 0) is 49.1 Å². The van der Waals surface area contributed by atoms with E-state index < -0.39 is 0 Å². The average Bonchev–Trinajstić information content (AvgIpc) is 3.16. The van der Waals surface area contributed by atoms with Gasteiger partial charge in [0.15, 0.2) is 5.78 Å². The number of benzene rings is 2. The summed E-state index contributed by atoms with van der Waals surface area (Å²) in [5, 5.41) is 11.5. The Morgan fingerprint density at radius 1 is 1.08 bits per heavy atom. The number of carbonyl (C=O) groups is 2. The van der Waals surface area contributed by atoms with E-state index in [4.69, 9.17) is 10.1 Å². The number of amidine groups is 1. The van der Waals surface area contributed by atoms with Gasteiger partial charge in [-0.1, -0.05) is 20.8 Å². The van der Waals surface area contributed by atoms with Gasteiger partial charge in [0, 0.05) is 63.2 Å². The molecule has 0 fully saturated rings. The molecule has 2 N–H and O–H groups in total. The fourth-order valence-electron chi connectivity index (χ4n) is 4.87. The monoisotopic (exact) mass is 587 g/mol. The molecular weight excluding hydrogens is 546 g/mol. The highest BCUT2D eigenvalue weighted by Gasteiger charge is 2.31. The summed E-state index contributed by atoms with van der Waals surface area (Å²) in [6, 6.07) is 7.57. The van der Waals surface area contributed by atoms with Gasteiger partial charge in [0.25, 0.3) is 5.91 Å². The minimum Gasteiger partial charge on any atom is -0.494 e. The van der Waals surface area contributed by atoms with Crippen molar-refractivity contribution in [2.75, 3.05) is 57.7 Å². The van der Waals surface area contributed by atoms with Gasteiger partial charge in [-0.3, -0.25) is 15.0 Å². The first kappa shape index (κ1) is 31.1. The first-order valence-corrected chi connectivity index (χ1v) is 12.8. The van der Waals surface area contributed by atoms with Crippen LogP contribution in [0.3, 0.4) is 0 Å². The number of Topliss-reactive ketones (excluding diaryl/α,β-unsaturated/α-hetero) is 1. The van der Waals surface area contributed by atoms with E-state index in [1.165, 1.54) is 0 Å². The van der Waals surface area contributed by atoms with Crippen molar-refractivity contribution in [1.82, 2.24) is 10.2 Å². The highest BCUT2D eigenvalue weighted by molar-refractivity contribution is 8.93. The van der Waals surface area contributed by atoms with Crippen LogP contribution in [0.25, 0.3) is 0 Å². The zero-order valence-corrected chi connectivity index (χ0v) is 25.8. The number of fused-ring (bicyclic) bond motifs is 1. The molecule has 9 heteroatoms. The van der Waals surface area contributed by atoms with Crippen molar-refractivity contribution in [1.29, 1.82) is 5.41 Å². The lowest BCUT2D eigenvalue weighted by atomic mass is 9.84.